The fraction of sp³-hybridized carbons (Fsp3) is 0.818. The summed E-state index contributed by atoms with van der Waals surface area (Å²) in [5.41, 5.74) is 0. The van der Waals surface area contributed by atoms with Crippen molar-refractivity contribution in [1.29, 1.82) is 0 Å². The Balaban J connectivity index is 1.96. The van der Waals surface area contributed by atoms with Crippen LogP contribution in [0.2, 0.25) is 0 Å². The molecular weight excluding hydrogens is 178 g/mol. The summed E-state index contributed by atoms with van der Waals surface area (Å²) in [6, 6.07) is 0. The Bertz CT molecular complexity index is 153. The number of methoxy groups -OCH3 is 1. The van der Waals surface area contributed by atoms with Gasteiger partial charge < -0.3 is 14.8 Å². The summed E-state index contributed by atoms with van der Waals surface area (Å²) < 4.78 is 10.3. The Morgan fingerprint density at radius 2 is 2.50 bits per heavy atom. The van der Waals surface area contributed by atoms with E-state index >= 15 is 0 Å². The van der Waals surface area contributed by atoms with Crippen LogP contribution >= 0.6 is 0 Å². The normalized spacial score (nSPS) is 23.1. The average Bonchev–Trinajstić information content (AvgIpc) is 2.25. The molecule has 0 aromatic heterocycles. The molecule has 82 valence electrons. The van der Waals surface area contributed by atoms with Crippen molar-refractivity contribution in [3.8, 4) is 0 Å². The van der Waals surface area contributed by atoms with Crippen LogP contribution in [-0.2, 0) is 9.47 Å². The highest BCUT2D eigenvalue weighted by molar-refractivity contribution is 4.90. The zero-order valence-corrected chi connectivity index (χ0v) is 9.00. The second-order valence-corrected chi connectivity index (χ2v) is 3.60. The molecule has 1 N–H and O–H groups in total. The van der Waals surface area contributed by atoms with Gasteiger partial charge in [0.05, 0.1) is 13.2 Å². The van der Waals surface area contributed by atoms with Gasteiger partial charge in [-0.3, -0.25) is 0 Å². The smallest absolute Gasteiger partial charge is 0.0587 e. The first-order chi connectivity index (χ1) is 6.93. The Morgan fingerprint density at radius 1 is 1.57 bits per heavy atom. The fourth-order valence-electron chi connectivity index (χ4n) is 1.54. The summed E-state index contributed by atoms with van der Waals surface area (Å²) in [5, 5.41) is 3.27. The van der Waals surface area contributed by atoms with Crippen LogP contribution in [0.4, 0.5) is 0 Å². The molecule has 0 aromatic rings. The number of hydrogen-bond donors (Lipinski definition) is 1. The van der Waals surface area contributed by atoms with E-state index in [-0.39, 0.29) is 0 Å². The quantitative estimate of drug-likeness (QED) is 0.515. The molecule has 1 saturated heterocycles. The van der Waals surface area contributed by atoms with Crippen molar-refractivity contribution in [1.82, 2.24) is 5.32 Å². The lowest BCUT2D eigenvalue weighted by Crippen LogP contribution is -2.20. The Morgan fingerprint density at radius 3 is 3.21 bits per heavy atom. The fourth-order valence-corrected chi connectivity index (χ4v) is 1.54. The van der Waals surface area contributed by atoms with Crippen LogP contribution in [0.15, 0.2) is 12.2 Å². The van der Waals surface area contributed by atoms with Gasteiger partial charge in [0.1, 0.15) is 0 Å². The van der Waals surface area contributed by atoms with Crippen LogP contribution in [0, 0.1) is 5.92 Å². The first-order valence-electron chi connectivity index (χ1n) is 5.37. The van der Waals surface area contributed by atoms with Crippen molar-refractivity contribution < 1.29 is 9.47 Å². The van der Waals surface area contributed by atoms with Gasteiger partial charge in [-0.1, -0.05) is 12.2 Å². The lowest BCUT2D eigenvalue weighted by Gasteiger charge is -2.18. The number of rotatable bonds is 6. The van der Waals surface area contributed by atoms with E-state index in [9.17, 15) is 0 Å². The molecular formula is C11H21NO2. The van der Waals surface area contributed by atoms with Gasteiger partial charge in [-0.05, 0) is 12.8 Å². The van der Waals surface area contributed by atoms with Gasteiger partial charge >= 0.3 is 0 Å². The minimum Gasteiger partial charge on any atom is -0.383 e. The maximum Gasteiger partial charge on any atom is 0.0587 e. The average molecular weight is 199 g/mol. The van der Waals surface area contributed by atoms with Crippen LogP contribution < -0.4 is 5.32 Å². The SMILES string of the molecule is COCCNCC=CC1CCCOC1. The standard InChI is InChI=1S/C11H21NO2/c1-13-9-7-12-6-2-4-11-5-3-8-14-10-11/h2,4,11-12H,3,5-10H2,1H3. The van der Waals surface area contributed by atoms with E-state index in [1.165, 1.54) is 12.8 Å². The molecule has 3 nitrogen and oxygen atoms in total. The second-order valence-electron chi connectivity index (χ2n) is 3.60. The van der Waals surface area contributed by atoms with E-state index in [4.69, 9.17) is 9.47 Å². The van der Waals surface area contributed by atoms with Gasteiger partial charge in [-0.15, -0.1) is 0 Å². The van der Waals surface area contributed by atoms with Crippen molar-refractivity contribution in [3.05, 3.63) is 12.2 Å². The van der Waals surface area contributed by atoms with E-state index in [1.54, 1.807) is 7.11 Å². The molecule has 1 fully saturated rings. The van der Waals surface area contributed by atoms with Crippen molar-refractivity contribution in [2.45, 2.75) is 12.8 Å². The summed E-state index contributed by atoms with van der Waals surface area (Å²) in [5.74, 6) is 0.632. The molecule has 1 heterocycles. The summed E-state index contributed by atoms with van der Waals surface area (Å²) in [4.78, 5) is 0. The van der Waals surface area contributed by atoms with Gasteiger partial charge in [-0.25, -0.2) is 0 Å². The minimum atomic E-state index is 0.632. The van der Waals surface area contributed by atoms with Crippen LogP contribution in [0.25, 0.3) is 0 Å². The van der Waals surface area contributed by atoms with Gasteiger partial charge in [0.15, 0.2) is 0 Å². The van der Waals surface area contributed by atoms with Crippen molar-refractivity contribution >= 4 is 0 Å². The van der Waals surface area contributed by atoms with Crippen molar-refractivity contribution in [2.24, 2.45) is 5.92 Å². The predicted octanol–water partition coefficient (Wildman–Crippen LogP) is 1.21. The zero-order chi connectivity index (χ0) is 10.1. The van der Waals surface area contributed by atoms with Crippen molar-refractivity contribution in [2.75, 3.05) is 40.0 Å². The molecule has 0 saturated carbocycles. The van der Waals surface area contributed by atoms with Crippen LogP contribution in [0.3, 0.4) is 0 Å². The molecule has 1 aliphatic rings. The Kier molecular flexibility index (Phi) is 6.66. The first-order valence-corrected chi connectivity index (χ1v) is 5.37. The highest BCUT2D eigenvalue weighted by atomic mass is 16.5. The molecule has 0 spiro atoms. The predicted molar refractivity (Wildman–Crippen MR) is 57.4 cm³/mol. The summed E-state index contributed by atoms with van der Waals surface area (Å²) >= 11 is 0. The number of nitrogens with one attached hydrogen (secondary N) is 1. The lowest BCUT2D eigenvalue weighted by molar-refractivity contribution is 0.0709. The Hall–Kier alpha value is -0.380. The first kappa shape index (κ1) is 11.7. The molecule has 0 bridgehead atoms. The third-order valence-corrected chi connectivity index (χ3v) is 2.35. The lowest BCUT2D eigenvalue weighted by atomic mass is 10.0. The molecule has 1 aliphatic heterocycles. The molecule has 1 rings (SSSR count). The zero-order valence-electron chi connectivity index (χ0n) is 9.00. The topological polar surface area (TPSA) is 30.5 Å². The maximum absolute atomic E-state index is 5.39. The van der Waals surface area contributed by atoms with Crippen LogP contribution in [0.1, 0.15) is 12.8 Å². The van der Waals surface area contributed by atoms with Gasteiger partial charge in [-0.2, -0.15) is 0 Å². The molecule has 1 unspecified atom stereocenters. The van der Waals surface area contributed by atoms with Crippen molar-refractivity contribution in [3.63, 3.8) is 0 Å². The highest BCUT2D eigenvalue weighted by Crippen LogP contribution is 2.14. The van der Waals surface area contributed by atoms with E-state index in [0.717, 1.165) is 32.9 Å². The monoisotopic (exact) mass is 199 g/mol. The number of hydrogen-bond acceptors (Lipinski definition) is 3. The third-order valence-electron chi connectivity index (χ3n) is 2.35. The van der Waals surface area contributed by atoms with Gasteiger partial charge in [0.25, 0.3) is 0 Å². The van der Waals surface area contributed by atoms with E-state index in [0.29, 0.717) is 5.92 Å². The maximum atomic E-state index is 5.39. The van der Waals surface area contributed by atoms with E-state index in [1.807, 2.05) is 0 Å². The van der Waals surface area contributed by atoms with Crippen LogP contribution in [-0.4, -0.2) is 40.0 Å². The second kappa shape index (κ2) is 7.97. The molecule has 0 aliphatic carbocycles. The Labute approximate surface area is 86.5 Å². The molecule has 14 heavy (non-hydrogen) atoms. The summed E-state index contributed by atoms with van der Waals surface area (Å²) in [7, 11) is 1.72. The molecule has 0 radical (unpaired) electrons. The van der Waals surface area contributed by atoms with E-state index < -0.39 is 0 Å². The molecule has 0 aromatic carbocycles. The molecule has 1 atom stereocenters. The minimum absolute atomic E-state index is 0.632. The third kappa shape index (κ3) is 5.37. The molecule has 0 amide bonds. The molecule has 3 heteroatoms. The largest absolute Gasteiger partial charge is 0.383 e. The highest BCUT2D eigenvalue weighted by Gasteiger charge is 2.09. The van der Waals surface area contributed by atoms with Gasteiger partial charge in [0.2, 0.25) is 0 Å². The van der Waals surface area contributed by atoms with Gasteiger partial charge in [0, 0.05) is 32.7 Å². The summed E-state index contributed by atoms with van der Waals surface area (Å²) in [6.45, 7) is 4.47. The number of ether oxygens (including phenoxy) is 2. The van der Waals surface area contributed by atoms with Crippen LogP contribution in [0.5, 0.6) is 0 Å². The summed E-state index contributed by atoms with van der Waals surface area (Å²) in [6.07, 6.45) is 6.93. The van der Waals surface area contributed by atoms with E-state index in [2.05, 4.69) is 17.5 Å².